The van der Waals surface area contributed by atoms with Gasteiger partial charge in [-0.25, -0.2) is 0 Å². The summed E-state index contributed by atoms with van der Waals surface area (Å²) in [5.41, 5.74) is 0.365. The van der Waals surface area contributed by atoms with E-state index in [9.17, 15) is 0 Å². The predicted octanol–water partition coefficient (Wildman–Crippen LogP) is 1.33. The fourth-order valence-corrected chi connectivity index (χ4v) is 2.56. The van der Waals surface area contributed by atoms with E-state index in [1.807, 2.05) is 0 Å². The highest BCUT2D eigenvalue weighted by molar-refractivity contribution is 4.85. The fraction of sp³-hybridized carbons (Fsp3) is 1.00. The van der Waals surface area contributed by atoms with Gasteiger partial charge in [-0.2, -0.15) is 0 Å². The minimum Gasteiger partial charge on any atom is -0.396 e. The Morgan fingerprint density at radius 2 is 2.19 bits per heavy atom. The number of aliphatic hydroxyl groups is 1. The molecule has 1 aliphatic heterocycles. The number of likely N-dealkylation sites (tertiary alicyclic amines) is 1. The van der Waals surface area contributed by atoms with Crippen LogP contribution in [0.2, 0.25) is 0 Å². The number of nitrogens with one attached hydrogen (secondary N) is 1. The van der Waals surface area contributed by atoms with Crippen molar-refractivity contribution >= 4 is 0 Å². The van der Waals surface area contributed by atoms with Crippen LogP contribution in [0.5, 0.6) is 0 Å². The Morgan fingerprint density at radius 3 is 2.81 bits per heavy atom. The average molecular weight is 228 g/mol. The first-order valence-electron chi connectivity index (χ1n) is 6.56. The first-order valence-corrected chi connectivity index (χ1v) is 6.56. The molecule has 3 heteroatoms. The molecule has 0 radical (unpaired) electrons. The third kappa shape index (κ3) is 4.40. The molecule has 1 fully saturated rings. The number of rotatable bonds is 6. The van der Waals surface area contributed by atoms with E-state index in [1.54, 1.807) is 0 Å². The van der Waals surface area contributed by atoms with E-state index in [0.717, 1.165) is 25.4 Å². The highest BCUT2D eigenvalue weighted by Crippen LogP contribution is 2.32. The van der Waals surface area contributed by atoms with Crippen LogP contribution in [0.1, 0.15) is 33.1 Å². The van der Waals surface area contributed by atoms with Crippen LogP contribution < -0.4 is 5.32 Å². The molecule has 0 aromatic carbocycles. The van der Waals surface area contributed by atoms with Crippen LogP contribution >= 0.6 is 0 Å². The molecule has 0 bridgehead atoms. The molecular formula is C13H28N2O. The Kier molecular flexibility index (Phi) is 5.73. The van der Waals surface area contributed by atoms with E-state index in [2.05, 4.69) is 31.1 Å². The Labute approximate surface area is 100 Å². The van der Waals surface area contributed by atoms with Crippen molar-refractivity contribution in [3.8, 4) is 0 Å². The molecule has 1 heterocycles. The highest BCUT2D eigenvalue weighted by atomic mass is 16.3. The molecule has 0 saturated carbocycles. The van der Waals surface area contributed by atoms with Crippen LogP contribution in [-0.4, -0.2) is 49.8 Å². The van der Waals surface area contributed by atoms with Gasteiger partial charge in [0.15, 0.2) is 0 Å². The lowest BCUT2D eigenvalue weighted by Gasteiger charge is -2.40. The fourth-order valence-electron chi connectivity index (χ4n) is 2.56. The molecule has 2 N–H and O–H groups in total. The SMILES string of the molecule is CN1CCCC(C(C)(C)CNCCCO)C1. The van der Waals surface area contributed by atoms with Gasteiger partial charge in [0.25, 0.3) is 0 Å². The molecule has 1 saturated heterocycles. The molecule has 1 unspecified atom stereocenters. The summed E-state index contributed by atoms with van der Waals surface area (Å²) in [5.74, 6) is 0.799. The van der Waals surface area contributed by atoms with E-state index < -0.39 is 0 Å². The van der Waals surface area contributed by atoms with Crippen LogP contribution in [0, 0.1) is 11.3 Å². The average Bonchev–Trinajstić information content (AvgIpc) is 2.24. The van der Waals surface area contributed by atoms with Crippen LogP contribution in [-0.2, 0) is 0 Å². The third-order valence-corrected chi connectivity index (χ3v) is 3.82. The van der Waals surface area contributed by atoms with Crippen molar-refractivity contribution in [1.29, 1.82) is 0 Å². The molecule has 0 spiro atoms. The van der Waals surface area contributed by atoms with Crippen molar-refractivity contribution in [3.05, 3.63) is 0 Å². The summed E-state index contributed by atoms with van der Waals surface area (Å²) in [7, 11) is 2.22. The second kappa shape index (κ2) is 6.58. The molecule has 0 aliphatic carbocycles. The zero-order valence-corrected chi connectivity index (χ0v) is 11.1. The van der Waals surface area contributed by atoms with Gasteiger partial charge in [0, 0.05) is 19.7 Å². The Balaban J connectivity index is 2.30. The maximum absolute atomic E-state index is 8.73. The highest BCUT2D eigenvalue weighted by Gasteiger charge is 2.31. The van der Waals surface area contributed by atoms with Crippen LogP contribution in [0.15, 0.2) is 0 Å². The molecule has 3 nitrogen and oxygen atoms in total. The monoisotopic (exact) mass is 228 g/mol. The van der Waals surface area contributed by atoms with Gasteiger partial charge in [-0.05, 0) is 50.7 Å². The summed E-state index contributed by atoms with van der Waals surface area (Å²) in [6.07, 6.45) is 3.56. The quantitative estimate of drug-likeness (QED) is 0.673. The topological polar surface area (TPSA) is 35.5 Å². The van der Waals surface area contributed by atoms with E-state index in [1.165, 1.54) is 25.9 Å². The first-order chi connectivity index (χ1) is 7.56. The predicted molar refractivity (Wildman–Crippen MR) is 68.6 cm³/mol. The number of piperidine rings is 1. The van der Waals surface area contributed by atoms with Crippen LogP contribution in [0.25, 0.3) is 0 Å². The van der Waals surface area contributed by atoms with Crippen molar-refractivity contribution in [2.24, 2.45) is 11.3 Å². The molecule has 0 aromatic rings. The molecule has 0 amide bonds. The van der Waals surface area contributed by atoms with Crippen LogP contribution in [0.3, 0.4) is 0 Å². The van der Waals surface area contributed by atoms with Gasteiger partial charge >= 0.3 is 0 Å². The lowest BCUT2D eigenvalue weighted by molar-refractivity contribution is 0.102. The van der Waals surface area contributed by atoms with Gasteiger partial charge in [-0.15, -0.1) is 0 Å². The molecule has 1 aliphatic rings. The van der Waals surface area contributed by atoms with Crippen LogP contribution in [0.4, 0.5) is 0 Å². The largest absolute Gasteiger partial charge is 0.396 e. The van der Waals surface area contributed by atoms with Crippen molar-refractivity contribution in [3.63, 3.8) is 0 Å². The van der Waals surface area contributed by atoms with Crippen molar-refractivity contribution in [2.75, 3.05) is 39.8 Å². The summed E-state index contributed by atoms with van der Waals surface area (Å²) < 4.78 is 0. The zero-order chi connectivity index (χ0) is 12.0. The lowest BCUT2D eigenvalue weighted by atomic mass is 9.74. The standard InChI is InChI=1S/C13H28N2O/c1-13(2,11-14-7-5-9-16)12-6-4-8-15(3)10-12/h12,14,16H,4-11H2,1-3H3. The van der Waals surface area contributed by atoms with E-state index in [4.69, 9.17) is 5.11 Å². The maximum Gasteiger partial charge on any atom is 0.0443 e. The maximum atomic E-state index is 8.73. The minimum atomic E-state index is 0.291. The second-order valence-corrected chi connectivity index (χ2v) is 5.84. The molecule has 16 heavy (non-hydrogen) atoms. The summed E-state index contributed by atoms with van der Waals surface area (Å²) in [6, 6.07) is 0. The smallest absolute Gasteiger partial charge is 0.0443 e. The van der Waals surface area contributed by atoms with Crippen molar-refractivity contribution in [2.45, 2.75) is 33.1 Å². The Morgan fingerprint density at radius 1 is 1.44 bits per heavy atom. The van der Waals surface area contributed by atoms with Gasteiger partial charge < -0.3 is 15.3 Å². The second-order valence-electron chi connectivity index (χ2n) is 5.84. The van der Waals surface area contributed by atoms with Gasteiger partial charge in [-0.1, -0.05) is 13.8 Å². The molecule has 1 atom stereocenters. The molecular weight excluding hydrogens is 200 g/mol. The Hall–Kier alpha value is -0.120. The Bertz CT molecular complexity index is 194. The summed E-state index contributed by atoms with van der Waals surface area (Å²) in [6.45, 7) is 9.50. The summed E-state index contributed by atoms with van der Waals surface area (Å²) in [5, 5.41) is 12.2. The number of hydrogen-bond donors (Lipinski definition) is 2. The van der Waals surface area contributed by atoms with Gasteiger partial charge in [0.1, 0.15) is 0 Å². The zero-order valence-electron chi connectivity index (χ0n) is 11.1. The van der Waals surface area contributed by atoms with Gasteiger partial charge in [-0.3, -0.25) is 0 Å². The third-order valence-electron chi connectivity index (χ3n) is 3.82. The normalized spacial score (nSPS) is 23.6. The molecule has 96 valence electrons. The number of nitrogens with zero attached hydrogens (tertiary/aromatic N) is 1. The van der Waals surface area contributed by atoms with E-state index in [0.29, 0.717) is 12.0 Å². The molecule has 1 rings (SSSR count). The number of aliphatic hydroxyl groups excluding tert-OH is 1. The van der Waals surface area contributed by atoms with Gasteiger partial charge in [0.05, 0.1) is 0 Å². The van der Waals surface area contributed by atoms with Gasteiger partial charge in [0.2, 0.25) is 0 Å². The summed E-state index contributed by atoms with van der Waals surface area (Å²) in [4.78, 5) is 2.45. The lowest BCUT2D eigenvalue weighted by Crippen LogP contribution is -2.44. The first kappa shape index (κ1) is 13.9. The van der Waals surface area contributed by atoms with E-state index >= 15 is 0 Å². The number of hydrogen-bond acceptors (Lipinski definition) is 3. The summed E-state index contributed by atoms with van der Waals surface area (Å²) >= 11 is 0. The van der Waals surface area contributed by atoms with Crippen molar-refractivity contribution < 1.29 is 5.11 Å². The minimum absolute atomic E-state index is 0.291. The van der Waals surface area contributed by atoms with Crippen molar-refractivity contribution in [1.82, 2.24) is 10.2 Å². The molecule has 0 aromatic heterocycles. The van der Waals surface area contributed by atoms with E-state index in [-0.39, 0.29) is 0 Å².